The molecule has 0 spiro atoms. The van der Waals surface area contributed by atoms with Crippen molar-refractivity contribution in [3.05, 3.63) is 35.4 Å². The molecule has 36 heavy (non-hydrogen) atoms. The molecule has 5 rings (SSSR count). The maximum absolute atomic E-state index is 13.7. The summed E-state index contributed by atoms with van der Waals surface area (Å²) in [5.74, 6) is 1.65. The van der Waals surface area contributed by atoms with Gasteiger partial charge in [0, 0.05) is 30.3 Å². The lowest BCUT2D eigenvalue weighted by Crippen LogP contribution is -2.68. The molecule has 0 aromatic heterocycles. The highest BCUT2D eigenvalue weighted by molar-refractivity contribution is 8.13. The van der Waals surface area contributed by atoms with Crippen LogP contribution in [-0.2, 0) is 15.3 Å². The molecule has 196 valence electrons. The lowest BCUT2D eigenvalue weighted by Gasteiger charge is -2.51. The maximum Gasteiger partial charge on any atom is 0.230 e. The minimum absolute atomic E-state index is 0.00476. The average Bonchev–Trinajstić information content (AvgIpc) is 3.53. The molecule has 3 fully saturated rings. The molecule has 1 aromatic rings. The molecule has 2 heterocycles. The van der Waals surface area contributed by atoms with Crippen molar-refractivity contribution in [3.8, 4) is 0 Å². The number of fused-ring (bicyclic) bond motifs is 3. The Morgan fingerprint density at radius 3 is 2.64 bits per heavy atom. The first-order valence-corrected chi connectivity index (χ1v) is 14.8. The number of hydrazone groups is 1. The van der Waals surface area contributed by atoms with Crippen molar-refractivity contribution in [1.29, 1.82) is 0 Å². The number of benzene rings is 1. The fourth-order valence-electron chi connectivity index (χ4n) is 6.15. The van der Waals surface area contributed by atoms with Crippen LogP contribution in [0.5, 0.6) is 0 Å². The Morgan fingerprint density at radius 1 is 1.17 bits per heavy atom. The van der Waals surface area contributed by atoms with Gasteiger partial charge in [0.05, 0.1) is 5.92 Å². The molecule has 2 aliphatic heterocycles. The van der Waals surface area contributed by atoms with E-state index in [1.54, 1.807) is 11.8 Å². The summed E-state index contributed by atoms with van der Waals surface area (Å²) < 4.78 is 0. The molecule has 0 bridgehead atoms. The van der Waals surface area contributed by atoms with Gasteiger partial charge < -0.3 is 15.1 Å². The molecule has 2 aliphatic carbocycles. The summed E-state index contributed by atoms with van der Waals surface area (Å²) >= 11 is 1.72. The summed E-state index contributed by atoms with van der Waals surface area (Å²) in [4.78, 5) is 31.2. The molecule has 7 nitrogen and oxygen atoms in total. The molecule has 4 aliphatic rings. The normalized spacial score (nSPS) is 28.1. The number of thioether (sulfide) groups is 1. The molecule has 2 saturated carbocycles. The number of hydrogen-bond donors (Lipinski definition) is 2. The van der Waals surface area contributed by atoms with Crippen molar-refractivity contribution in [2.24, 2.45) is 22.9 Å². The Kier molecular flexibility index (Phi) is 7.79. The number of hydrogen-bond acceptors (Lipinski definition) is 6. The molecule has 4 unspecified atom stereocenters. The van der Waals surface area contributed by atoms with E-state index in [4.69, 9.17) is 5.10 Å². The van der Waals surface area contributed by atoms with Gasteiger partial charge in [-0.25, -0.2) is 0 Å². The van der Waals surface area contributed by atoms with Crippen molar-refractivity contribution < 1.29 is 9.59 Å². The second kappa shape index (κ2) is 11.0. The van der Waals surface area contributed by atoms with Gasteiger partial charge >= 0.3 is 0 Å². The average molecular weight is 512 g/mol. The van der Waals surface area contributed by atoms with E-state index in [-0.39, 0.29) is 36.0 Å². The number of aryl methyl sites for hydroxylation is 1. The van der Waals surface area contributed by atoms with Crippen LogP contribution in [0.1, 0.15) is 76.3 Å². The summed E-state index contributed by atoms with van der Waals surface area (Å²) in [5.41, 5.74) is 5.81. The van der Waals surface area contributed by atoms with Gasteiger partial charge in [-0.1, -0.05) is 68.3 Å². The van der Waals surface area contributed by atoms with Gasteiger partial charge in [-0.3, -0.25) is 15.0 Å². The molecule has 1 saturated heterocycles. The summed E-state index contributed by atoms with van der Waals surface area (Å²) in [6.07, 6.45) is 7.59. The molecule has 4 atom stereocenters. The van der Waals surface area contributed by atoms with E-state index in [0.717, 1.165) is 56.0 Å². The molecule has 2 amide bonds. The van der Waals surface area contributed by atoms with E-state index in [0.29, 0.717) is 12.0 Å². The molecular weight excluding hydrogens is 470 g/mol. The highest BCUT2D eigenvalue weighted by atomic mass is 32.2. The molecule has 2 N–H and O–H groups in total. The van der Waals surface area contributed by atoms with Crippen LogP contribution in [0.2, 0.25) is 0 Å². The minimum atomic E-state index is -0.255. The number of carbonyl (C=O) groups excluding carboxylic acids is 2. The summed E-state index contributed by atoms with van der Waals surface area (Å²) in [7, 11) is 0. The van der Waals surface area contributed by atoms with E-state index >= 15 is 0 Å². The van der Waals surface area contributed by atoms with Crippen molar-refractivity contribution in [2.75, 3.05) is 6.54 Å². The quantitative estimate of drug-likeness (QED) is 0.567. The zero-order valence-corrected chi connectivity index (χ0v) is 22.7. The van der Waals surface area contributed by atoms with E-state index in [1.165, 1.54) is 24.0 Å². The lowest BCUT2D eigenvalue weighted by atomic mass is 9.75. The summed E-state index contributed by atoms with van der Waals surface area (Å²) in [5, 5.41) is 8.98. The fraction of sp³-hybridized carbons (Fsp3) is 0.679. The van der Waals surface area contributed by atoms with Crippen LogP contribution in [0.4, 0.5) is 0 Å². The van der Waals surface area contributed by atoms with Crippen molar-refractivity contribution in [2.45, 2.75) is 96.3 Å². The number of carbonyl (C=O) groups is 2. The standard InChI is InChI=1S/C28H41N5O2S/c1-18(2)14-15-32-26(35)23-13-12-21(25(34)29-22-6-4-5-7-22)16-24(23)33-27(32)30-31-28(33)36-17-20-10-8-19(3)9-11-20/h8-11,18,21-24,27,30H,4-7,12-17H2,1-3H3,(H,29,34). The largest absolute Gasteiger partial charge is 0.353 e. The van der Waals surface area contributed by atoms with E-state index in [2.05, 4.69) is 60.7 Å². The lowest BCUT2D eigenvalue weighted by molar-refractivity contribution is -0.158. The van der Waals surface area contributed by atoms with Gasteiger partial charge in [-0.05, 0) is 56.9 Å². The third kappa shape index (κ3) is 5.38. The van der Waals surface area contributed by atoms with E-state index in [9.17, 15) is 9.59 Å². The van der Waals surface area contributed by atoms with Crippen molar-refractivity contribution in [3.63, 3.8) is 0 Å². The van der Waals surface area contributed by atoms with E-state index < -0.39 is 0 Å². The van der Waals surface area contributed by atoms with Gasteiger partial charge in [0.2, 0.25) is 11.8 Å². The van der Waals surface area contributed by atoms with Gasteiger partial charge in [0.25, 0.3) is 0 Å². The van der Waals surface area contributed by atoms with Crippen LogP contribution in [0, 0.1) is 24.7 Å². The summed E-state index contributed by atoms with van der Waals surface area (Å²) in [6, 6.07) is 8.97. The van der Waals surface area contributed by atoms with Crippen LogP contribution in [0.15, 0.2) is 29.4 Å². The predicted molar refractivity (Wildman–Crippen MR) is 145 cm³/mol. The van der Waals surface area contributed by atoms with Crippen molar-refractivity contribution in [1.82, 2.24) is 20.5 Å². The number of amidine groups is 1. The highest BCUT2D eigenvalue weighted by Crippen LogP contribution is 2.41. The van der Waals surface area contributed by atoms with Crippen molar-refractivity contribution >= 4 is 28.7 Å². The van der Waals surface area contributed by atoms with E-state index in [1.807, 2.05) is 4.90 Å². The monoisotopic (exact) mass is 511 g/mol. The maximum atomic E-state index is 13.7. The van der Waals surface area contributed by atoms with Gasteiger partial charge in [-0.2, -0.15) is 5.10 Å². The fourth-order valence-corrected chi connectivity index (χ4v) is 7.14. The third-order valence-electron chi connectivity index (χ3n) is 8.34. The third-order valence-corrected chi connectivity index (χ3v) is 9.38. The first-order chi connectivity index (χ1) is 17.4. The summed E-state index contributed by atoms with van der Waals surface area (Å²) in [6.45, 7) is 7.23. The predicted octanol–water partition coefficient (Wildman–Crippen LogP) is 4.42. The smallest absolute Gasteiger partial charge is 0.230 e. The zero-order valence-electron chi connectivity index (χ0n) is 21.9. The first kappa shape index (κ1) is 25.4. The topological polar surface area (TPSA) is 77.0 Å². The van der Waals surface area contributed by atoms with Gasteiger partial charge in [0.15, 0.2) is 11.5 Å². The Morgan fingerprint density at radius 2 is 1.92 bits per heavy atom. The van der Waals surface area contributed by atoms with Gasteiger partial charge in [-0.15, -0.1) is 0 Å². The molecular formula is C28H41N5O2S. The zero-order chi connectivity index (χ0) is 25.2. The highest BCUT2D eigenvalue weighted by Gasteiger charge is 2.53. The van der Waals surface area contributed by atoms with Crippen LogP contribution in [-0.4, -0.2) is 51.7 Å². The van der Waals surface area contributed by atoms with Gasteiger partial charge in [0.1, 0.15) is 0 Å². The number of nitrogens with zero attached hydrogens (tertiary/aromatic N) is 3. The second-order valence-corrected chi connectivity index (χ2v) is 12.4. The Hall–Kier alpha value is -2.22. The van der Waals surface area contributed by atoms with Crippen LogP contribution >= 0.6 is 11.8 Å². The number of amides is 2. The second-order valence-electron chi connectivity index (χ2n) is 11.5. The van der Waals surface area contributed by atoms with Crippen LogP contribution in [0.3, 0.4) is 0 Å². The SMILES string of the molecule is Cc1ccc(CSC2=NNC3N(CCC(C)C)C(=O)C4CCC(C(=O)NC5CCCC5)CC4N23)cc1. The Labute approximate surface area is 219 Å². The number of nitrogens with one attached hydrogen (secondary N) is 2. The van der Waals surface area contributed by atoms with Crippen LogP contribution in [0.25, 0.3) is 0 Å². The van der Waals surface area contributed by atoms with Crippen LogP contribution < -0.4 is 10.7 Å². The molecule has 1 aromatic carbocycles. The first-order valence-electron chi connectivity index (χ1n) is 13.8. The minimum Gasteiger partial charge on any atom is -0.353 e. The number of rotatable bonds is 7. The molecule has 8 heteroatoms. The Bertz CT molecular complexity index is 975. The Balaban J connectivity index is 1.33. The molecule has 0 radical (unpaired) electrons.